The number of nitrogens with zero attached hydrogens (tertiary/aromatic N) is 5. The molecule has 0 bridgehead atoms. The summed E-state index contributed by atoms with van der Waals surface area (Å²) in [5.74, 6) is 1.19. The Morgan fingerprint density at radius 1 is 1.22 bits per heavy atom. The Morgan fingerprint density at radius 2 is 1.97 bits per heavy atom. The van der Waals surface area contributed by atoms with Gasteiger partial charge in [0.2, 0.25) is 5.95 Å². The molecule has 2 atom stereocenters. The largest absolute Gasteiger partial charge is 0.431 e. The van der Waals surface area contributed by atoms with E-state index in [0.717, 1.165) is 51.1 Å². The lowest BCUT2D eigenvalue weighted by molar-refractivity contribution is -0.113. The highest BCUT2D eigenvalue weighted by Crippen LogP contribution is 2.37. The molecular formula is C22H30F2N6O2. The molecule has 0 aliphatic carbocycles. The van der Waals surface area contributed by atoms with Crippen LogP contribution in [0.4, 0.5) is 26.4 Å². The van der Waals surface area contributed by atoms with Crippen molar-refractivity contribution in [2.45, 2.75) is 58.3 Å². The number of ether oxygens (including phenoxy) is 2. The van der Waals surface area contributed by atoms with Crippen molar-refractivity contribution in [3.8, 4) is 17.0 Å². The van der Waals surface area contributed by atoms with Crippen molar-refractivity contribution >= 4 is 17.6 Å². The van der Waals surface area contributed by atoms with E-state index in [1.54, 1.807) is 0 Å². The van der Waals surface area contributed by atoms with Crippen LogP contribution in [-0.2, 0) is 4.74 Å². The van der Waals surface area contributed by atoms with Gasteiger partial charge in [0.05, 0.1) is 24.4 Å². The van der Waals surface area contributed by atoms with Gasteiger partial charge in [-0.3, -0.25) is 0 Å². The Balaban J connectivity index is 1.71. The van der Waals surface area contributed by atoms with Crippen LogP contribution in [-0.4, -0.2) is 60.0 Å². The van der Waals surface area contributed by atoms with Gasteiger partial charge < -0.3 is 25.0 Å². The number of nitrogens with two attached hydrogens (primary N) is 1. The van der Waals surface area contributed by atoms with Crippen LogP contribution >= 0.6 is 0 Å². The number of aromatic nitrogens is 3. The van der Waals surface area contributed by atoms with Gasteiger partial charge in [0.1, 0.15) is 5.82 Å². The number of hydrogen-bond donors (Lipinski definition) is 1. The lowest BCUT2D eigenvalue weighted by Gasteiger charge is -2.55. The third kappa shape index (κ3) is 4.69. The van der Waals surface area contributed by atoms with Crippen LogP contribution in [0.5, 0.6) is 5.75 Å². The minimum absolute atomic E-state index is 0.0896. The first-order chi connectivity index (χ1) is 15.5. The number of fused-ring (bicyclic) bond motifs is 1. The summed E-state index contributed by atoms with van der Waals surface area (Å²) < 4.78 is 35.7. The Kier molecular flexibility index (Phi) is 6.88. The molecule has 4 heterocycles. The number of morpholine rings is 1. The monoisotopic (exact) mass is 448 g/mol. The van der Waals surface area contributed by atoms with E-state index in [1.807, 2.05) is 6.07 Å². The zero-order chi connectivity index (χ0) is 22.7. The molecule has 10 heteroatoms. The lowest BCUT2D eigenvalue weighted by Crippen LogP contribution is -2.71. The van der Waals surface area contributed by atoms with Crippen molar-refractivity contribution in [1.82, 2.24) is 15.0 Å². The SMILES string of the molecule is CCCCN(CCCC)c1nc(-c2cnc(N)c(OC(F)F)c2)cc(N2C[C@H]3OCC32)n1. The van der Waals surface area contributed by atoms with Gasteiger partial charge in [-0.15, -0.1) is 0 Å². The maximum atomic E-state index is 12.8. The number of anilines is 3. The fraction of sp³-hybridized carbons (Fsp3) is 0.591. The molecule has 2 aromatic heterocycles. The van der Waals surface area contributed by atoms with Crippen molar-refractivity contribution in [3.63, 3.8) is 0 Å². The van der Waals surface area contributed by atoms with Gasteiger partial charge in [0.15, 0.2) is 11.6 Å². The van der Waals surface area contributed by atoms with Gasteiger partial charge in [0.25, 0.3) is 0 Å². The Labute approximate surface area is 186 Å². The van der Waals surface area contributed by atoms with Gasteiger partial charge in [-0.1, -0.05) is 26.7 Å². The fourth-order valence-electron chi connectivity index (χ4n) is 3.89. The summed E-state index contributed by atoms with van der Waals surface area (Å²) in [4.78, 5) is 18.1. The molecule has 2 N–H and O–H groups in total. The summed E-state index contributed by atoms with van der Waals surface area (Å²) in [5.41, 5.74) is 6.87. The highest BCUT2D eigenvalue weighted by atomic mass is 19.3. The third-order valence-electron chi connectivity index (χ3n) is 5.92. The Bertz CT molecular complexity index is 923. The predicted molar refractivity (Wildman–Crippen MR) is 119 cm³/mol. The second-order valence-electron chi connectivity index (χ2n) is 8.18. The van der Waals surface area contributed by atoms with Crippen LogP contribution in [0.1, 0.15) is 39.5 Å². The standard InChI is InChI=1S/C22H30F2N6O2/c1-3-5-7-29(8-6-4-2)22-27-15(10-19(28-22)30-12-18-16(30)13-31-18)14-9-17(32-21(23)24)20(25)26-11-14/h9-11,16,18,21H,3-8,12-13H2,1-2H3,(H2,25,26)/t16?,18-/m1/s1. The molecule has 2 aliphatic rings. The van der Waals surface area contributed by atoms with E-state index < -0.39 is 6.61 Å². The molecule has 0 saturated carbocycles. The van der Waals surface area contributed by atoms with E-state index in [2.05, 4.69) is 33.4 Å². The number of unbranched alkanes of at least 4 members (excludes halogenated alkanes) is 2. The first kappa shape index (κ1) is 22.4. The molecule has 4 rings (SSSR count). The van der Waals surface area contributed by atoms with Crippen LogP contribution < -0.4 is 20.3 Å². The number of nitrogen functional groups attached to an aromatic ring is 1. The van der Waals surface area contributed by atoms with Crippen LogP contribution in [0.2, 0.25) is 0 Å². The van der Waals surface area contributed by atoms with E-state index >= 15 is 0 Å². The number of halogens is 2. The quantitative estimate of drug-likeness (QED) is 0.556. The fourth-order valence-corrected chi connectivity index (χ4v) is 3.89. The zero-order valence-corrected chi connectivity index (χ0v) is 18.5. The van der Waals surface area contributed by atoms with E-state index in [1.165, 1.54) is 12.3 Å². The summed E-state index contributed by atoms with van der Waals surface area (Å²) in [5, 5.41) is 0. The topological polar surface area (TPSA) is 89.6 Å². The van der Waals surface area contributed by atoms with Gasteiger partial charge in [-0.05, 0) is 18.9 Å². The van der Waals surface area contributed by atoms with Crippen molar-refractivity contribution < 1.29 is 18.3 Å². The minimum atomic E-state index is -2.99. The third-order valence-corrected chi connectivity index (χ3v) is 5.92. The van der Waals surface area contributed by atoms with Gasteiger partial charge >= 0.3 is 6.61 Å². The smallest absolute Gasteiger partial charge is 0.387 e. The number of hydrogen-bond acceptors (Lipinski definition) is 8. The molecule has 2 aliphatic heterocycles. The van der Waals surface area contributed by atoms with Gasteiger partial charge in [0, 0.05) is 37.5 Å². The van der Waals surface area contributed by atoms with Crippen LogP contribution in [0, 0.1) is 0 Å². The van der Waals surface area contributed by atoms with E-state index in [9.17, 15) is 8.78 Å². The van der Waals surface area contributed by atoms with E-state index in [4.69, 9.17) is 20.4 Å². The van der Waals surface area contributed by atoms with E-state index in [-0.39, 0.29) is 17.7 Å². The summed E-state index contributed by atoms with van der Waals surface area (Å²) in [6.07, 6.45) is 5.99. The zero-order valence-electron chi connectivity index (χ0n) is 18.5. The molecule has 1 unspecified atom stereocenters. The van der Waals surface area contributed by atoms with Crippen LogP contribution in [0.3, 0.4) is 0 Å². The Morgan fingerprint density at radius 3 is 2.53 bits per heavy atom. The Hall–Kier alpha value is -2.75. The van der Waals surface area contributed by atoms with Gasteiger partial charge in [-0.25, -0.2) is 9.97 Å². The normalized spacial score (nSPS) is 19.3. The summed E-state index contributed by atoms with van der Waals surface area (Å²) in [6, 6.07) is 3.65. The van der Waals surface area contributed by atoms with Gasteiger partial charge in [-0.2, -0.15) is 13.8 Å². The number of alkyl halides is 2. The molecule has 0 aromatic carbocycles. The molecule has 32 heavy (non-hydrogen) atoms. The maximum absolute atomic E-state index is 12.8. The molecule has 2 aromatic rings. The van der Waals surface area contributed by atoms with Crippen molar-refractivity contribution in [3.05, 3.63) is 18.3 Å². The second-order valence-corrected chi connectivity index (χ2v) is 8.18. The summed E-state index contributed by atoms with van der Waals surface area (Å²) in [7, 11) is 0. The van der Waals surface area contributed by atoms with Crippen LogP contribution in [0.25, 0.3) is 11.3 Å². The highest BCUT2D eigenvalue weighted by Gasteiger charge is 2.48. The molecular weight excluding hydrogens is 418 g/mol. The number of pyridine rings is 1. The molecule has 2 fully saturated rings. The second kappa shape index (κ2) is 9.81. The molecule has 0 spiro atoms. The highest BCUT2D eigenvalue weighted by molar-refractivity contribution is 5.68. The van der Waals surface area contributed by atoms with Crippen molar-refractivity contribution in [1.29, 1.82) is 0 Å². The molecule has 0 radical (unpaired) electrons. The van der Waals surface area contributed by atoms with Crippen molar-refractivity contribution in [2.75, 3.05) is 41.8 Å². The minimum Gasteiger partial charge on any atom is -0.431 e. The molecule has 8 nitrogen and oxygen atoms in total. The predicted octanol–water partition coefficient (Wildman–Crippen LogP) is 3.72. The summed E-state index contributed by atoms with van der Waals surface area (Å²) in [6.45, 7) is 4.50. The lowest BCUT2D eigenvalue weighted by atomic mass is 9.95. The first-order valence-corrected chi connectivity index (χ1v) is 11.2. The van der Waals surface area contributed by atoms with Crippen LogP contribution in [0.15, 0.2) is 18.3 Å². The maximum Gasteiger partial charge on any atom is 0.387 e. The van der Waals surface area contributed by atoms with E-state index in [0.29, 0.717) is 29.9 Å². The number of rotatable bonds is 11. The molecule has 0 amide bonds. The molecule has 174 valence electrons. The van der Waals surface area contributed by atoms with Crippen molar-refractivity contribution in [2.24, 2.45) is 0 Å². The average molecular weight is 449 g/mol. The first-order valence-electron chi connectivity index (χ1n) is 11.2. The average Bonchev–Trinajstić information content (AvgIpc) is 2.76. The molecule has 2 saturated heterocycles. The summed E-state index contributed by atoms with van der Waals surface area (Å²) >= 11 is 0.